The summed E-state index contributed by atoms with van der Waals surface area (Å²) < 4.78 is 5.48. The van der Waals surface area contributed by atoms with Gasteiger partial charge in [0.15, 0.2) is 11.1 Å². The number of hydrogen-bond donors (Lipinski definition) is 1. The van der Waals surface area contributed by atoms with Crippen LogP contribution in [0.25, 0.3) is 11.1 Å². The molecular formula is C13H12N4O3S. The van der Waals surface area contributed by atoms with Crippen molar-refractivity contribution in [2.24, 2.45) is 0 Å². The number of hydrogen-bond acceptors (Lipinski definition) is 7. The quantitative estimate of drug-likeness (QED) is 0.573. The smallest absolute Gasteiger partial charge is 0.298 e. The first kappa shape index (κ1) is 13.5. The Morgan fingerprint density at radius 3 is 3.10 bits per heavy atom. The van der Waals surface area contributed by atoms with Crippen LogP contribution in [0.1, 0.15) is 17.8 Å². The van der Waals surface area contributed by atoms with Crippen molar-refractivity contribution in [3.8, 4) is 0 Å². The standard InChI is InChI=1S/C13H12N4O3S/c1-8(12-14-5-6-21-12)7-15-13-16-11-9(17(18)19)3-2-4-10(11)20-13/h2-6,8H,7H2,1H3,(H,15,16). The van der Waals surface area contributed by atoms with E-state index in [0.29, 0.717) is 12.1 Å². The molecule has 2 aromatic heterocycles. The van der Waals surface area contributed by atoms with Crippen LogP contribution in [-0.4, -0.2) is 21.4 Å². The number of non-ortho nitro benzene ring substituents is 1. The van der Waals surface area contributed by atoms with Crippen molar-refractivity contribution in [2.75, 3.05) is 11.9 Å². The lowest BCUT2D eigenvalue weighted by molar-refractivity contribution is -0.383. The maximum absolute atomic E-state index is 10.9. The topological polar surface area (TPSA) is 94.1 Å². The second kappa shape index (κ2) is 5.49. The fourth-order valence-electron chi connectivity index (χ4n) is 1.96. The summed E-state index contributed by atoms with van der Waals surface area (Å²) in [6.45, 7) is 2.63. The number of thiazole rings is 1. The van der Waals surface area contributed by atoms with Gasteiger partial charge in [0.25, 0.3) is 11.7 Å². The van der Waals surface area contributed by atoms with Gasteiger partial charge in [0, 0.05) is 30.1 Å². The number of nitro groups is 1. The van der Waals surface area contributed by atoms with Crippen LogP contribution < -0.4 is 5.32 Å². The number of para-hydroxylation sites is 1. The molecule has 0 aliphatic rings. The Morgan fingerprint density at radius 2 is 2.38 bits per heavy atom. The van der Waals surface area contributed by atoms with E-state index >= 15 is 0 Å². The number of anilines is 1. The second-order valence-electron chi connectivity index (χ2n) is 4.55. The molecule has 1 N–H and O–H groups in total. The summed E-state index contributed by atoms with van der Waals surface area (Å²) in [6.07, 6.45) is 1.76. The minimum absolute atomic E-state index is 0.0581. The van der Waals surface area contributed by atoms with Crippen molar-refractivity contribution in [2.45, 2.75) is 12.8 Å². The molecule has 0 spiro atoms. The average Bonchev–Trinajstić information content (AvgIpc) is 3.12. The van der Waals surface area contributed by atoms with Crippen LogP contribution in [0.5, 0.6) is 0 Å². The first-order valence-corrected chi connectivity index (χ1v) is 7.20. The molecule has 3 rings (SSSR count). The summed E-state index contributed by atoms with van der Waals surface area (Å²) in [5.41, 5.74) is 0.595. The molecule has 0 fully saturated rings. The van der Waals surface area contributed by atoms with Gasteiger partial charge in [-0.2, -0.15) is 4.98 Å². The number of aromatic nitrogens is 2. The molecule has 1 atom stereocenters. The summed E-state index contributed by atoms with van der Waals surface area (Å²) >= 11 is 1.59. The van der Waals surface area contributed by atoms with Crippen LogP contribution in [0.2, 0.25) is 0 Å². The van der Waals surface area contributed by atoms with E-state index in [-0.39, 0.29) is 23.1 Å². The molecule has 0 saturated heterocycles. The summed E-state index contributed by atoms with van der Waals surface area (Å²) in [4.78, 5) is 18.9. The zero-order chi connectivity index (χ0) is 14.8. The lowest BCUT2D eigenvalue weighted by Crippen LogP contribution is -2.09. The SMILES string of the molecule is CC(CNc1nc2c([N+](=O)[O-])cccc2o1)c1nccs1. The maximum atomic E-state index is 10.9. The number of oxazole rings is 1. The molecular weight excluding hydrogens is 292 g/mol. The molecule has 1 unspecified atom stereocenters. The maximum Gasteiger partial charge on any atom is 0.298 e. The highest BCUT2D eigenvalue weighted by Crippen LogP contribution is 2.27. The molecule has 2 heterocycles. The highest BCUT2D eigenvalue weighted by Gasteiger charge is 2.17. The number of benzene rings is 1. The first-order chi connectivity index (χ1) is 10.1. The fourth-order valence-corrected chi connectivity index (χ4v) is 2.66. The number of nitro benzene ring substituents is 1. The Morgan fingerprint density at radius 1 is 1.52 bits per heavy atom. The Bertz CT molecular complexity index is 769. The predicted molar refractivity (Wildman–Crippen MR) is 79.7 cm³/mol. The van der Waals surface area contributed by atoms with Crippen LogP contribution in [0.4, 0.5) is 11.7 Å². The van der Waals surface area contributed by atoms with Crippen molar-refractivity contribution < 1.29 is 9.34 Å². The van der Waals surface area contributed by atoms with Gasteiger partial charge in [-0.25, -0.2) is 4.98 Å². The molecule has 1 aromatic carbocycles. The Labute approximate surface area is 123 Å². The van der Waals surface area contributed by atoms with E-state index in [9.17, 15) is 10.1 Å². The number of nitrogens with zero attached hydrogens (tertiary/aromatic N) is 3. The van der Waals surface area contributed by atoms with Crippen molar-refractivity contribution >= 4 is 34.1 Å². The van der Waals surface area contributed by atoms with Gasteiger partial charge in [0.1, 0.15) is 0 Å². The number of rotatable bonds is 5. The van der Waals surface area contributed by atoms with E-state index in [2.05, 4.69) is 15.3 Å². The summed E-state index contributed by atoms with van der Waals surface area (Å²) in [5.74, 6) is 0.204. The highest BCUT2D eigenvalue weighted by molar-refractivity contribution is 7.09. The lowest BCUT2D eigenvalue weighted by Gasteiger charge is -2.07. The second-order valence-corrected chi connectivity index (χ2v) is 5.48. The molecule has 0 aliphatic heterocycles. The van der Waals surface area contributed by atoms with Crippen molar-refractivity contribution in [1.82, 2.24) is 9.97 Å². The number of nitrogens with one attached hydrogen (secondary N) is 1. The van der Waals surface area contributed by atoms with E-state index in [1.165, 1.54) is 6.07 Å². The highest BCUT2D eigenvalue weighted by atomic mass is 32.1. The van der Waals surface area contributed by atoms with Crippen LogP contribution in [0.3, 0.4) is 0 Å². The molecule has 0 aliphatic carbocycles. The molecule has 3 aromatic rings. The van der Waals surface area contributed by atoms with Crippen molar-refractivity contribution in [1.29, 1.82) is 0 Å². The molecule has 8 heteroatoms. The fraction of sp³-hybridized carbons (Fsp3) is 0.231. The van der Waals surface area contributed by atoms with E-state index in [4.69, 9.17) is 4.42 Å². The van der Waals surface area contributed by atoms with E-state index in [0.717, 1.165) is 5.01 Å². The van der Waals surface area contributed by atoms with E-state index < -0.39 is 4.92 Å². The van der Waals surface area contributed by atoms with Gasteiger partial charge >= 0.3 is 0 Å². The van der Waals surface area contributed by atoms with Crippen LogP contribution in [0.15, 0.2) is 34.2 Å². The third-order valence-corrected chi connectivity index (χ3v) is 4.03. The minimum Gasteiger partial charge on any atom is -0.423 e. The summed E-state index contributed by atoms with van der Waals surface area (Å²) in [7, 11) is 0. The molecule has 0 radical (unpaired) electrons. The zero-order valence-electron chi connectivity index (χ0n) is 11.1. The van der Waals surface area contributed by atoms with E-state index in [1.54, 1.807) is 29.7 Å². The average molecular weight is 304 g/mol. The van der Waals surface area contributed by atoms with Gasteiger partial charge in [-0.05, 0) is 6.07 Å². The molecule has 0 saturated carbocycles. The molecule has 108 valence electrons. The lowest BCUT2D eigenvalue weighted by atomic mass is 10.2. The Hall–Kier alpha value is -2.48. The summed E-state index contributed by atoms with van der Waals surface area (Å²) in [6, 6.07) is 4.92. The normalized spacial score (nSPS) is 12.4. The van der Waals surface area contributed by atoms with Crippen LogP contribution in [-0.2, 0) is 0 Å². The van der Waals surface area contributed by atoms with Crippen LogP contribution >= 0.6 is 11.3 Å². The number of fused-ring (bicyclic) bond motifs is 1. The van der Waals surface area contributed by atoms with Crippen molar-refractivity contribution in [3.63, 3.8) is 0 Å². The largest absolute Gasteiger partial charge is 0.423 e. The molecule has 21 heavy (non-hydrogen) atoms. The van der Waals surface area contributed by atoms with Gasteiger partial charge in [0.05, 0.1) is 9.93 Å². The van der Waals surface area contributed by atoms with Gasteiger partial charge in [0.2, 0.25) is 0 Å². The van der Waals surface area contributed by atoms with Gasteiger partial charge in [-0.3, -0.25) is 10.1 Å². The first-order valence-electron chi connectivity index (χ1n) is 6.32. The third kappa shape index (κ3) is 2.70. The van der Waals surface area contributed by atoms with Crippen LogP contribution in [0, 0.1) is 10.1 Å². The minimum atomic E-state index is -0.465. The Balaban J connectivity index is 1.79. The third-order valence-electron chi connectivity index (χ3n) is 3.03. The molecule has 0 bridgehead atoms. The zero-order valence-corrected chi connectivity index (χ0v) is 12.0. The molecule has 7 nitrogen and oxygen atoms in total. The van der Waals surface area contributed by atoms with Gasteiger partial charge in [-0.15, -0.1) is 11.3 Å². The monoisotopic (exact) mass is 304 g/mol. The van der Waals surface area contributed by atoms with E-state index in [1.807, 2.05) is 12.3 Å². The summed E-state index contributed by atoms with van der Waals surface area (Å²) in [5, 5.41) is 16.9. The Kier molecular flexibility index (Phi) is 3.53. The van der Waals surface area contributed by atoms with Gasteiger partial charge in [-0.1, -0.05) is 13.0 Å². The van der Waals surface area contributed by atoms with Crippen molar-refractivity contribution in [3.05, 3.63) is 44.9 Å². The molecule has 0 amide bonds. The van der Waals surface area contributed by atoms with Gasteiger partial charge < -0.3 is 9.73 Å². The predicted octanol–water partition coefficient (Wildman–Crippen LogP) is 3.41.